The fraction of sp³-hybridized carbons (Fsp3) is 0.143. The van der Waals surface area contributed by atoms with E-state index < -0.39 is 0 Å². The maximum Gasteiger partial charge on any atom is 0.232 e. The predicted octanol–water partition coefficient (Wildman–Crippen LogP) is 3.64. The summed E-state index contributed by atoms with van der Waals surface area (Å²) in [6.07, 6.45) is 4.95. The number of pyridine rings is 1. The first kappa shape index (κ1) is 15.8. The van der Waals surface area contributed by atoms with E-state index >= 15 is 0 Å². The highest BCUT2D eigenvalue weighted by Gasteiger charge is 2.33. The van der Waals surface area contributed by atoms with Gasteiger partial charge in [0, 0.05) is 25.4 Å². The first-order chi connectivity index (χ1) is 13.3. The van der Waals surface area contributed by atoms with Crippen LogP contribution >= 0.6 is 0 Å². The molecule has 2 aliphatic heterocycles. The monoisotopic (exact) mass is 360 g/mol. The van der Waals surface area contributed by atoms with Gasteiger partial charge in [0.15, 0.2) is 5.76 Å². The smallest absolute Gasteiger partial charge is 0.232 e. The first-order valence-corrected chi connectivity index (χ1v) is 8.66. The van der Waals surface area contributed by atoms with Crippen LogP contribution in [0.15, 0.2) is 65.1 Å². The molecule has 0 radical (unpaired) electrons. The highest BCUT2D eigenvalue weighted by molar-refractivity contribution is 6.14. The maximum atomic E-state index is 12.7. The molecule has 27 heavy (non-hydrogen) atoms. The molecular weight excluding hydrogens is 344 g/mol. The summed E-state index contributed by atoms with van der Waals surface area (Å²) >= 11 is 0. The van der Waals surface area contributed by atoms with Crippen LogP contribution in [0, 0.1) is 0 Å². The van der Waals surface area contributed by atoms with E-state index in [4.69, 9.17) is 13.9 Å². The van der Waals surface area contributed by atoms with Crippen LogP contribution in [0.25, 0.3) is 6.08 Å². The number of hydrogen-bond donors (Lipinski definition) is 0. The Morgan fingerprint density at radius 2 is 2.11 bits per heavy atom. The molecule has 2 aromatic heterocycles. The minimum Gasteiger partial charge on any atom is -0.478 e. The number of furan rings is 1. The summed E-state index contributed by atoms with van der Waals surface area (Å²) < 4.78 is 17.1. The van der Waals surface area contributed by atoms with Crippen LogP contribution in [-0.4, -0.2) is 22.4 Å². The topological polar surface area (TPSA) is 64.8 Å². The van der Waals surface area contributed by atoms with E-state index in [1.54, 1.807) is 36.7 Å². The number of allylic oxidation sites excluding steroid dienone is 1. The van der Waals surface area contributed by atoms with Crippen LogP contribution in [0.2, 0.25) is 0 Å². The number of ether oxygens (including phenoxy) is 2. The van der Waals surface area contributed by atoms with Gasteiger partial charge in [-0.3, -0.25) is 14.7 Å². The minimum absolute atomic E-state index is 0.147. The summed E-state index contributed by atoms with van der Waals surface area (Å²) in [5.41, 5.74) is 2.40. The van der Waals surface area contributed by atoms with E-state index in [0.29, 0.717) is 36.9 Å². The number of ketones is 1. The van der Waals surface area contributed by atoms with Crippen LogP contribution in [-0.2, 0) is 13.1 Å². The maximum absolute atomic E-state index is 12.7. The first-order valence-electron chi connectivity index (χ1n) is 8.66. The van der Waals surface area contributed by atoms with Crippen LogP contribution in [0.5, 0.6) is 11.5 Å². The third-order valence-electron chi connectivity index (χ3n) is 4.61. The van der Waals surface area contributed by atoms with E-state index in [9.17, 15) is 4.79 Å². The molecule has 134 valence electrons. The molecular formula is C21H16N2O4. The molecule has 0 spiro atoms. The summed E-state index contributed by atoms with van der Waals surface area (Å²) in [7, 11) is 0. The van der Waals surface area contributed by atoms with Crippen molar-refractivity contribution < 1.29 is 18.7 Å². The zero-order valence-corrected chi connectivity index (χ0v) is 14.4. The lowest BCUT2D eigenvalue weighted by atomic mass is 10.0. The molecule has 2 aliphatic rings. The molecule has 0 bridgehead atoms. The van der Waals surface area contributed by atoms with Crippen molar-refractivity contribution in [1.82, 2.24) is 9.88 Å². The van der Waals surface area contributed by atoms with E-state index in [-0.39, 0.29) is 11.5 Å². The molecule has 0 amide bonds. The van der Waals surface area contributed by atoms with E-state index in [1.807, 2.05) is 24.3 Å². The zero-order chi connectivity index (χ0) is 18.2. The fourth-order valence-electron chi connectivity index (χ4n) is 3.33. The number of Topliss-reactive ketones (excluding diaryl/α,β-unsaturated/α-hetero) is 1. The SMILES string of the molecule is O=C1C(=Cc2ccco2)Oc2c1ccc1c2CN(Cc2ccccn2)CO1. The van der Waals surface area contributed by atoms with Gasteiger partial charge in [-0.05, 0) is 36.4 Å². The number of nitrogens with zero attached hydrogens (tertiary/aromatic N) is 2. The van der Waals surface area contributed by atoms with Crippen LogP contribution in [0.4, 0.5) is 0 Å². The molecule has 4 heterocycles. The molecule has 5 rings (SSSR count). The quantitative estimate of drug-likeness (QED) is 0.665. The van der Waals surface area contributed by atoms with Gasteiger partial charge >= 0.3 is 0 Å². The number of aromatic nitrogens is 1. The predicted molar refractivity (Wildman–Crippen MR) is 97.1 cm³/mol. The Morgan fingerprint density at radius 3 is 2.93 bits per heavy atom. The summed E-state index contributed by atoms with van der Waals surface area (Å²) in [6, 6.07) is 13.0. The van der Waals surface area contributed by atoms with Gasteiger partial charge in [-0.1, -0.05) is 6.07 Å². The lowest BCUT2D eigenvalue weighted by Gasteiger charge is -2.29. The third-order valence-corrected chi connectivity index (χ3v) is 4.61. The van der Waals surface area contributed by atoms with Gasteiger partial charge < -0.3 is 13.9 Å². The van der Waals surface area contributed by atoms with Gasteiger partial charge in [-0.15, -0.1) is 0 Å². The molecule has 6 nitrogen and oxygen atoms in total. The number of hydrogen-bond acceptors (Lipinski definition) is 6. The second-order valence-corrected chi connectivity index (χ2v) is 6.46. The van der Waals surface area contributed by atoms with Crippen molar-refractivity contribution in [2.75, 3.05) is 6.73 Å². The largest absolute Gasteiger partial charge is 0.478 e. The Morgan fingerprint density at radius 1 is 1.15 bits per heavy atom. The molecule has 0 unspecified atom stereocenters. The van der Waals surface area contributed by atoms with Gasteiger partial charge in [0.25, 0.3) is 0 Å². The molecule has 6 heteroatoms. The number of carbonyl (C=O) groups excluding carboxylic acids is 1. The number of benzene rings is 1. The average molecular weight is 360 g/mol. The minimum atomic E-state index is -0.147. The third kappa shape index (κ3) is 2.90. The molecule has 0 fully saturated rings. The Labute approximate surface area is 155 Å². The van der Waals surface area contributed by atoms with E-state index in [2.05, 4.69) is 9.88 Å². The number of fused-ring (bicyclic) bond motifs is 3. The van der Waals surface area contributed by atoms with Crippen molar-refractivity contribution in [1.29, 1.82) is 0 Å². The van der Waals surface area contributed by atoms with Crippen LogP contribution < -0.4 is 9.47 Å². The lowest BCUT2D eigenvalue weighted by Crippen LogP contribution is -2.32. The molecule has 0 atom stereocenters. The van der Waals surface area contributed by atoms with E-state index in [1.165, 1.54) is 0 Å². The van der Waals surface area contributed by atoms with Gasteiger partial charge in [0.2, 0.25) is 5.78 Å². The highest BCUT2D eigenvalue weighted by atomic mass is 16.5. The molecule has 0 saturated heterocycles. The molecule has 0 aliphatic carbocycles. The summed E-state index contributed by atoms with van der Waals surface area (Å²) in [5, 5.41) is 0. The van der Waals surface area contributed by atoms with Crippen molar-refractivity contribution in [3.8, 4) is 11.5 Å². The van der Waals surface area contributed by atoms with Crippen molar-refractivity contribution in [2.24, 2.45) is 0 Å². The Hall–Kier alpha value is -3.38. The highest BCUT2D eigenvalue weighted by Crippen LogP contribution is 2.42. The normalized spacial score (nSPS) is 17.3. The van der Waals surface area contributed by atoms with E-state index in [0.717, 1.165) is 17.0 Å². The molecule has 1 aromatic carbocycles. The second kappa shape index (κ2) is 6.41. The standard InChI is InChI=1S/C21H16N2O4/c24-20-16-6-7-18-17(21(16)27-19(20)10-15-5-3-9-25-15)12-23(13-26-18)11-14-4-1-2-8-22-14/h1-10H,11-13H2. The van der Waals surface area contributed by atoms with Crippen molar-refractivity contribution >= 4 is 11.9 Å². The van der Waals surface area contributed by atoms with Gasteiger partial charge in [-0.2, -0.15) is 0 Å². The van der Waals surface area contributed by atoms with Crippen molar-refractivity contribution in [3.63, 3.8) is 0 Å². The van der Waals surface area contributed by atoms with Crippen LogP contribution in [0.1, 0.15) is 27.4 Å². The zero-order valence-electron chi connectivity index (χ0n) is 14.4. The Balaban J connectivity index is 1.44. The van der Waals surface area contributed by atoms with Crippen molar-refractivity contribution in [2.45, 2.75) is 13.1 Å². The van der Waals surface area contributed by atoms with Crippen molar-refractivity contribution in [3.05, 3.63) is 83.3 Å². The Kier molecular flexibility index (Phi) is 3.76. The van der Waals surface area contributed by atoms with Gasteiger partial charge in [-0.25, -0.2) is 0 Å². The Bertz CT molecular complexity index is 1030. The molecule has 3 aromatic rings. The number of carbonyl (C=O) groups is 1. The number of rotatable bonds is 3. The van der Waals surface area contributed by atoms with Crippen LogP contribution in [0.3, 0.4) is 0 Å². The summed E-state index contributed by atoms with van der Waals surface area (Å²) in [5.74, 6) is 2.01. The second-order valence-electron chi connectivity index (χ2n) is 6.46. The molecule has 0 saturated carbocycles. The van der Waals surface area contributed by atoms with Gasteiger partial charge in [0.05, 0.1) is 23.1 Å². The fourth-order valence-corrected chi connectivity index (χ4v) is 3.33. The summed E-state index contributed by atoms with van der Waals surface area (Å²) in [4.78, 5) is 19.2. The lowest BCUT2D eigenvalue weighted by molar-refractivity contribution is 0.0861. The summed E-state index contributed by atoms with van der Waals surface area (Å²) in [6.45, 7) is 1.74. The average Bonchev–Trinajstić information content (AvgIpc) is 3.32. The van der Waals surface area contributed by atoms with Gasteiger partial charge in [0.1, 0.15) is 24.0 Å². The molecule has 0 N–H and O–H groups in total.